The van der Waals surface area contributed by atoms with Crippen molar-refractivity contribution in [3.63, 3.8) is 0 Å². The quantitative estimate of drug-likeness (QED) is 0.266. The van der Waals surface area contributed by atoms with Gasteiger partial charge >= 0.3 is 23.9 Å². The van der Waals surface area contributed by atoms with E-state index in [0.717, 1.165) is 0 Å². The maximum atomic E-state index is 13.9. The minimum absolute atomic E-state index is 0.0239. The second kappa shape index (κ2) is 11.6. The van der Waals surface area contributed by atoms with E-state index in [0.29, 0.717) is 24.0 Å². The molecule has 0 amide bonds. The van der Waals surface area contributed by atoms with E-state index in [9.17, 15) is 24.0 Å². The van der Waals surface area contributed by atoms with Gasteiger partial charge in [0.2, 0.25) is 0 Å². The molecule has 6 atom stereocenters. The van der Waals surface area contributed by atoms with Gasteiger partial charge in [0.15, 0.2) is 11.9 Å². The van der Waals surface area contributed by atoms with Crippen LogP contribution in [0.3, 0.4) is 0 Å². The number of ketones is 1. The Labute approximate surface area is 218 Å². The molecular weight excluding hydrogens is 480 g/mol. The van der Waals surface area contributed by atoms with E-state index in [4.69, 9.17) is 18.9 Å². The number of carbonyl (C=O) groups is 5. The first-order chi connectivity index (χ1) is 17.0. The molecule has 2 fully saturated rings. The Bertz CT molecular complexity index is 992. The van der Waals surface area contributed by atoms with Gasteiger partial charge in [-0.2, -0.15) is 0 Å². The first-order valence-corrected chi connectivity index (χ1v) is 12.6. The monoisotopic (exact) mass is 520 g/mol. The molecular formula is C28H40O9. The van der Waals surface area contributed by atoms with Gasteiger partial charge in [-0.15, -0.1) is 0 Å². The highest BCUT2D eigenvalue weighted by molar-refractivity contribution is 5.93. The van der Waals surface area contributed by atoms with E-state index in [1.54, 1.807) is 13.0 Å². The van der Waals surface area contributed by atoms with Crippen molar-refractivity contribution < 1.29 is 42.9 Å². The van der Waals surface area contributed by atoms with Crippen molar-refractivity contribution in [2.75, 3.05) is 6.61 Å². The SMILES string of the molecule is C=C1[C@H](OC(C)=O)C(=O)[C@@H]2C(C)(C)[C@H](OC(C)=O)CC[C@]2(C)[C@H]1C[C@H](OC(C)=O)/C(C)=C/COC(C)=O. The van der Waals surface area contributed by atoms with Crippen LogP contribution in [0.1, 0.15) is 74.7 Å². The number of esters is 4. The molecule has 0 spiro atoms. The van der Waals surface area contributed by atoms with Crippen molar-refractivity contribution in [1.29, 1.82) is 0 Å². The third-order valence-electron chi connectivity index (χ3n) is 7.85. The second-order valence-corrected chi connectivity index (χ2v) is 11.0. The number of hydrogen-bond acceptors (Lipinski definition) is 9. The topological polar surface area (TPSA) is 122 Å². The molecule has 0 aromatic carbocycles. The number of ether oxygens (including phenoxy) is 4. The zero-order valence-corrected chi connectivity index (χ0v) is 23.2. The molecule has 0 heterocycles. The van der Waals surface area contributed by atoms with Gasteiger partial charge in [-0.1, -0.05) is 27.4 Å². The summed E-state index contributed by atoms with van der Waals surface area (Å²) < 4.78 is 21.8. The van der Waals surface area contributed by atoms with Crippen LogP contribution in [0.2, 0.25) is 0 Å². The maximum Gasteiger partial charge on any atom is 0.303 e. The van der Waals surface area contributed by atoms with Crippen LogP contribution in [0, 0.1) is 22.7 Å². The van der Waals surface area contributed by atoms with Crippen molar-refractivity contribution in [2.24, 2.45) is 22.7 Å². The molecule has 0 bridgehead atoms. The molecule has 206 valence electrons. The number of carbonyl (C=O) groups excluding carboxylic acids is 5. The van der Waals surface area contributed by atoms with Crippen molar-refractivity contribution in [2.45, 2.75) is 93.0 Å². The number of fused-ring (bicyclic) bond motifs is 1. The fraction of sp³-hybridized carbons (Fsp3) is 0.679. The second-order valence-electron chi connectivity index (χ2n) is 11.0. The van der Waals surface area contributed by atoms with Crippen LogP contribution in [-0.2, 0) is 42.9 Å². The summed E-state index contributed by atoms with van der Waals surface area (Å²) in [7, 11) is 0. The average Bonchev–Trinajstić information content (AvgIpc) is 2.74. The lowest BCUT2D eigenvalue weighted by Gasteiger charge is -2.59. The Morgan fingerprint density at radius 3 is 2.08 bits per heavy atom. The zero-order chi connectivity index (χ0) is 28.3. The van der Waals surface area contributed by atoms with E-state index in [2.05, 4.69) is 6.58 Å². The summed E-state index contributed by atoms with van der Waals surface area (Å²) in [5.41, 5.74) is -0.270. The lowest BCUT2D eigenvalue weighted by Crippen LogP contribution is -2.63. The first-order valence-electron chi connectivity index (χ1n) is 12.6. The molecule has 9 nitrogen and oxygen atoms in total. The predicted octanol–water partition coefficient (Wildman–Crippen LogP) is 3.88. The summed E-state index contributed by atoms with van der Waals surface area (Å²) in [6.45, 7) is 17.0. The summed E-state index contributed by atoms with van der Waals surface area (Å²) in [5.74, 6) is -3.22. The fourth-order valence-corrected chi connectivity index (χ4v) is 6.30. The van der Waals surface area contributed by atoms with Gasteiger partial charge in [-0.05, 0) is 54.7 Å². The van der Waals surface area contributed by atoms with Crippen LogP contribution in [0.25, 0.3) is 0 Å². The van der Waals surface area contributed by atoms with Crippen LogP contribution < -0.4 is 0 Å². The molecule has 2 aliphatic carbocycles. The van der Waals surface area contributed by atoms with E-state index in [1.807, 2.05) is 20.8 Å². The standard InChI is InChI=1S/C28H40O9/c1-15(11-13-34-17(3)29)22(35-18(4)30)14-21-16(2)25(37-20(6)32)24(33)26-27(7,8)23(36-19(5)31)10-12-28(21,26)9/h11,21-23,25-26H,2,10,12-14H2,1,3-9H3/b15-11+/t21-,22-,23+,25-,26+,28+/m0/s1. The van der Waals surface area contributed by atoms with Gasteiger partial charge in [-0.3, -0.25) is 24.0 Å². The number of Topliss-reactive ketones (excluding diaryl/α,β-unsaturated/α-hetero) is 1. The Morgan fingerprint density at radius 1 is 0.973 bits per heavy atom. The Balaban J connectivity index is 2.56. The van der Waals surface area contributed by atoms with Crippen LogP contribution in [0.15, 0.2) is 23.8 Å². The van der Waals surface area contributed by atoms with E-state index in [1.165, 1.54) is 27.7 Å². The number of hydrogen-bond donors (Lipinski definition) is 0. The molecule has 9 heteroatoms. The summed E-state index contributed by atoms with van der Waals surface area (Å²) >= 11 is 0. The molecule has 0 unspecified atom stereocenters. The Morgan fingerprint density at radius 2 is 1.57 bits per heavy atom. The molecule has 2 saturated carbocycles. The highest BCUT2D eigenvalue weighted by atomic mass is 16.6. The third-order valence-corrected chi connectivity index (χ3v) is 7.85. The van der Waals surface area contributed by atoms with Crippen LogP contribution in [0.4, 0.5) is 0 Å². The van der Waals surface area contributed by atoms with Gasteiger partial charge < -0.3 is 18.9 Å². The molecule has 2 rings (SSSR count). The van der Waals surface area contributed by atoms with Gasteiger partial charge in [0.05, 0.1) is 0 Å². The van der Waals surface area contributed by atoms with E-state index in [-0.39, 0.29) is 24.7 Å². The Kier molecular flexibility index (Phi) is 9.49. The van der Waals surface area contributed by atoms with Crippen LogP contribution >= 0.6 is 0 Å². The van der Waals surface area contributed by atoms with Crippen molar-refractivity contribution in [1.82, 2.24) is 0 Å². The summed E-state index contributed by atoms with van der Waals surface area (Å²) in [6, 6.07) is 0. The lowest BCUT2D eigenvalue weighted by molar-refractivity contribution is -0.188. The highest BCUT2D eigenvalue weighted by Crippen LogP contribution is 2.61. The largest absolute Gasteiger partial charge is 0.462 e. The molecule has 0 saturated heterocycles. The lowest BCUT2D eigenvalue weighted by atomic mass is 9.45. The molecule has 2 aliphatic rings. The minimum Gasteiger partial charge on any atom is -0.462 e. The normalized spacial score (nSPS) is 30.0. The molecule has 0 aromatic rings. The van der Waals surface area contributed by atoms with Crippen molar-refractivity contribution >= 4 is 29.7 Å². The molecule has 0 aliphatic heterocycles. The average molecular weight is 521 g/mol. The maximum absolute atomic E-state index is 13.9. The van der Waals surface area contributed by atoms with Crippen molar-refractivity contribution in [3.05, 3.63) is 23.8 Å². The number of rotatable bonds is 8. The molecule has 37 heavy (non-hydrogen) atoms. The van der Waals surface area contributed by atoms with Gasteiger partial charge in [-0.25, -0.2) is 0 Å². The molecule has 0 radical (unpaired) electrons. The van der Waals surface area contributed by atoms with Crippen molar-refractivity contribution in [3.8, 4) is 0 Å². The fourth-order valence-electron chi connectivity index (χ4n) is 6.30. The smallest absolute Gasteiger partial charge is 0.303 e. The van der Waals surface area contributed by atoms with Crippen LogP contribution in [0.5, 0.6) is 0 Å². The van der Waals surface area contributed by atoms with Crippen LogP contribution in [-0.4, -0.2) is 54.6 Å². The highest BCUT2D eigenvalue weighted by Gasteiger charge is 2.64. The van der Waals surface area contributed by atoms with Gasteiger partial charge in [0.25, 0.3) is 0 Å². The van der Waals surface area contributed by atoms with Gasteiger partial charge in [0, 0.05) is 39.0 Å². The third kappa shape index (κ3) is 6.67. The molecule has 0 N–H and O–H groups in total. The minimum atomic E-state index is -1.17. The predicted molar refractivity (Wildman–Crippen MR) is 134 cm³/mol. The van der Waals surface area contributed by atoms with E-state index < -0.39 is 58.9 Å². The summed E-state index contributed by atoms with van der Waals surface area (Å²) in [4.78, 5) is 60.9. The van der Waals surface area contributed by atoms with Gasteiger partial charge in [0.1, 0.15) is 18.8 Å². The summed E-state index contributed by atoms with van der Waals surface area (Å²) in [6.07, 6.45) is 0.696. The first kappa shape index (κ1) is 30.3. The molecule has 0 aromatic heterocycles. The van der Waals surface area contributed by atoms with E-state index >= 15 is 0 Å². The Hall–Kier alpha value is -2.97. The summed E-state index contributed by atoms with van der Waals surface area (Å²) in [5, 5.41) is 0. The zero-order valence-electron chi connectivity index (χ0n) is 23.2.